The molecule has 4 heteroatoms. The molecule has 0 spiro atoms. The third kappa shape index (κ3) is 6.09. The van der Waals surface area contributed by atoms with Gasteiger partial charge in [-0.3, -0.25) is 9.59 Å². The van der Waals surface area contributed by atoms with E-state index in [4.69, 9.17) is 0 Å². The van der Waals surface area contributed by atoms with Gasteiger partial charge in [-0.1, -0.05) is 54.6 Å². The highest BCUT2D eigenvalue weighted by Gasteiger charge is 2.24. The van der Waals surface area contributed by atoms with Gasteiger partial charge in [-0.05, 0) is 50.5 Å². The van der Waals surface area contributed by atoms with Crippen LogP contribution in [0.4, 0.5) is 0 Å². The maximum atomic E-state index is 12.7. The number of carbonyl (C=O) groups is 2. The van der Waals surface area contributed by atoms with E-state index in [9.17, 15) is 9.59 Å². The van der Waals surface area contributed by atoms with Gasteiger partial charge in [-0.15, -0.1) is 0 Å². The number of hydrogen-bond donors (Lipinski definition) is 2. The summed E-state index contributed by atoms with van der Waals surface area (Å²) in [5.74, 6) is 0.321. The number of carbonyl (C=O) groups excluding carboxylic acids is 2. The molecule has 0 bridgehead atoms. The molecular formula is C23H30N2O2. The Balaban J connectivity index is 1.58. The van der Waals surface area contributed by atoms with Crippen molar-refractivity contribution in [3.8, 4) is 0 Å². The number of hydrogen-bond acceptors (Lipinski definition) is 2. The Kier molecular flexibility index (Phi) is 7.26. The summed E-state index contributed by atoms with van der Waals surface area (Å²) in [5, 5.41) is 6.27. The minimum atomic E-state index is -0.0890. The van der Waals surface area contributed by atoms with Crippen LogP contribution >= 0.6 is 0 Å². The first-order valence-electron chi connectivity index (χ1n) is 10.1. The van der Waals surface area contributed by atoms with Gasteiger partial charge in [0.25, 0.3) is 0 Å². The summed E-state index contributed by atoms with van der Waals surface area (Å²) in [7, 11) is 0. The molecule has 0 saturated carbocycles. The first kappa shape index (κ1) is 19.4. The van der Waals surface area contributed by atoms with Gasteiger partial charge in [0.2, 0.25) is 11.8 Å². The molecule has 3 atom stereocenters. The number of amides is 2. The van der Waals surface area contributed by atoms with Crippen LogP contribution in [0.3, 0.4) is 0 Å². The molecule has 3 rings (SSSR count). The fraction of sp³-hybridized carbons (Fsp3) is 0.478. The van der Waals surface area contributed by atoms with Gasteiger partial charge >= 0.3 is 0 Å². The zero-order chi connectivity index (χ0) is 18.9. The molecule has 0 aromatic heterocycles. The summed E-state index contributed by atoms with van der Waals surface area (Å²) in [6, 6.07) is 10.0. The summed E-state index contributed by atoms with van der Waals surface area (Å²) < 4.78 is 0. The smallest absolute Gasteiger partial charge is 0.223 e. The average molecular weight is 367 g/mol. The second kappa shape index (κ2) is 10.1. The standard InChI is InChI=1S/C23H30N2O2/c26-22(19-12-6-2-7-13-19)24-17-21(16-18-10-4-1-5-11-18)25-23(27)20-14-8-3-9-15-20/h1-6,8,10-11,19-21H,7,9,12-17H2,(H,24,26)(H,25,27)/t19-,20-,21+/m1/s1. The zero-order valence-electron chi connectivity index (χ0n) is 15.9. The highest BCUT2D eigenvalue weighted by molar-refractivity contribution is 5.80. The van der Waals surface area contributed by atoms with Crippen LogP contribution in [0, 0.1) is 11.8 Å². The van der Waals surface area contributed by atoms with Crippen LogP contribution in [0.25, 0.3) is 0 Å². The summed E-state index contributed by atoms with van der Waals surface area (Å²) >= 11 is 0. The minimum absolute atomic E-state index is 0.0486. The lowest BCUT2D eigenvalue weighted by atomic mass is 9.92. The fourth-order valence-electron chi connectivity index (χ4n) is 3.82. The molecule has 0 heterocycles. The highest BCUT2D eigenvalue weighted by atomic mass is 16.2. The van der Waals surface area contributed by atoms with Gasteiger partial charge in [0.15, 0.2) is 0 Å². The molecule has 2 N–H and O–H groups in total. The van der Waals surface area contributed by atoms with Crippen LogP contribution in [0.2, 0.25) is 0 Å². The lowest BCUT2D eigenvalue weighted by molar-refractivity contribution is -0.127. The van der Waals surface area contributed by atoms with E-state index in [1.807, 2.05) is 18.2 Å². The minimum Gasteiger partial charge on any atom is -0.354 e. The normalized spacial score (nSPS) is 22.8. The van der Waals surface area contributed by atoms with E-state index in [0.717, 1.165) is 44.9 Å². The van der Waals surface area contributed by atoms with Gasteiger partial charge < -0.3 is 10.6 Å². The summed E-state index contributed by atoms with van der Waals surface area (Å²) in [4.78, 5) is 25.2. The van der Waals surface area contributed by atoms with E-state index in [1.54, 1.807) is 0 Å². The zero-order valence-corrected chi connectivity index (χ0v) is 15.9. The van der Waals surface area contributed by atoms with Crippen molar-refractivity contribution in [2.24, 2.45) is 11.8 Å². The molecule has 2 amide bonds. The molecule has 27 heavy (non-hydrogen) atoms. The molecule has 0 unspecified atom stereocenters. The molecule has 0 aliphatic heterocycles. The predicted octanol–water partition coefficient (Wildman–Crippen LogP) is 3.54. The number of rotatable bonds is 7. The SMILES string of the molecule is O=C(NC[C@H](Cc1ccccc1)NC(=O)[C@@H]1CC=CCC1)[C@@H]1CC=CCC1. The molecular weight excluding hydrogens is 336 g/mol. The van der Waals surface area contributed by atoms with Crippen molar-refractivity contribution >= 4 is 11.8 Å². The second-order valence-electron chi connectivity index (χ2n) is 7.60. The van der Waals surface area contributed by atoms with E-state index in [2.05, 4.69) is 47.1 Å². The molecule has 144 valence electrons. The lowest BCUT2D eigenvalue weighted by Gasteiger charge is -2.25. The highest BCUT2D eigenvalue weighted by Crippen LogP contribution is 2.19. The number of allylic oxidation sites excluding steroid dienone is 4. The van der Waals surface area contributed by atoms with E-state index in [1.165, 1.54) is 5.56 Å². The van der Waals surface area contributed by atoms with Crippen LogP contribution in [-0.2, 0) is 16.0 Å². The molecule has 2 aliphatic rings. The second-order valence-corrected chi connectivity index (χ2v) is 7.60. The van der Waals surface area contributed by atoms with Crippen LogP contribution in [0.5, 0.6) is 0 Å². The Bertz CT molecular complexity index is 681. The van der Waals surface area contributed by atoms with Gasteiger partial charge in [0.1, 0.15) is 0 Å². The van der Waals surface area contributed by atoms with Gasteiger partial charge in [-0.25, -0.2) is 0 Å². The van der Waals surface area contributed by atoms with Crippen molar-refractivity contribution < 1.29 is 9.59 Å². The molecule has 0 fully saturated rings. The van der Waals surface area contributed by atoms with Crippen molar-refractivity contribution in [1.82, 2.24) is 10.6 Å². The van der Waals surface area contributed by atoms with Crippen molar-refractivity contribution in [3.05, 3.63) is 60.2 Å². The fourth-order valence-corrected chi connectivity index (χ4v) is 3.82. The van der Waals surface area contributed by atoms with Crippen molar-refractivity contribution in [2.45, 2.75) is 51.0 Å². The summed E-state index contributed by atoms with van der Waals surface area (Å²) in [6.07, 6.45) is 14.6. The van der Waals surface area contributed by atoms with E-state index in [-0.39, 0.29) is 29.7 Å². The van der Waals surface area contributed by atoms with E-state index in [0.29, 0.717) is 6.54 Å². The third-order valence-corrected chi connectivity index (χ3v) is 5.47. The van der Waals surface area contributed by atoms with E-state index < -0.39 is 0 Å². The molecule has 4 nitrogen and oxygen atoms in total. The Morgan fingerprint density at radius 2 is 1.52 bits per heavy atom. The maximum absolute atomic E-state index is 12.7. The molecule has 0 radical (unpaired) electrons. The van der Waals surface area contributed by atoms with Gasteiger partial charge in [0.05, 0.1) is 6.04 Å². The van der Waals surface area contributed by atoms with Crippen LogP contribution < -0.4 is 10.6 Å². The van der Waals surface area contributed by atoms with Crippen LogP contribution in [-0.4, -0.2) is 24.4 Å². The summed E-state index contributed by atoms with van der Waals surface area (Å²) in [5.41, 5.74) is 1.17. The maximum Gasteiger partial charge on any atom is 0.223 e. The van der Waals surface area contributed by atoms with Crippen molar-refractivity contribution in [2.75, 3.05) is 6.54 Å². The van der Waals surface area contributed by atoms with Crippen LogP contribution in [0.1, 0.15) is 44.1 Å². The molecule has 2 aliphatic carbocycles. The number of nitrogens with one attached hydrogen (secondary N) is 2. The van der Waals surface area contributed by atoms with Gasteiger partial charge in [0, 0.05) is 18.4 Å². The average Bonchev–Trinajstić information content (AvgIpc) is 2.73. The Hall–Kier alpha value is -2.36. The van der Waals surface area contributed by atoms with Crippen molar-refractivity contribution in [3.63, 3.8) is 0 Å². The molecule has 1 aromatic carbocycles. The first-order valence-corrected chi connectivity index (χ1v) is 10.1. The number of benzene rings is 1. The summed E-state index contributed by atoms with van der Waals surface area (Å²) in [6.45, 7) is 0.474. The predicted molar refractivity (Wildman–Crippen MR) is 108 cm³/mol. The first-order chi connectivity index (χ1) is 13.2. The van der Waals surface area contributed by atoms with E-state index >= 15 is 0 Å². The lowest BCUT2D eigenvalue weighted by Crippen LogP contribution is -2.48. The van der Waals surface area contributed by atoms with Gasteiger partial charge in [-0.2, -0.15) is 0 Å². The Morgan fingerprint density at radius 1 is 0.889 bits per heavy atom. The Labute approximate surface area is 162 Å². The largest absolute Gasteiger partial charge is 0.354 e. The van der Waals surface area contributed by atoms with Crippen molar-refractivity contribution in [1.29, 1.82) is 0 Å². The van der Waals surface area contributed by atoms with Crippen LogP contribution in [0.15, 0.2) is 54.6 Å². The quantitative estimate of drug-likeness (QED) is 0.725. The third-order valence-electron chi connectivity index (χ3n) is 5.47. The molecule has 0 saturated heterocycles. The topological polar surface area (TPSA) is 58.2 Å². The molecule has 1 aromatic rings. The monoisotopic (exact) mass is 366 g/mol. The Morgan fingerprint density at radius 3 is 2.11 bits per heavy atom.